The van der Waals surface area contributed by atoms with Gasteiger partial charge < -0.3 is 14.7 Å². The molecule has 1 aliphatic rings. The number of ketones is 1. The van der Waals surface area contributed by atoms with Crippen LogP contribution in [0.25, 0.3) is 5.76 Å². The number of hydrogen-bond donors (Lipinski definition) is 1. The number of carbonyl (C=O) groups is 2. The van der Waals surface area contributed by atoms with Gasteiger partial charge in [0.2, 0.25) is 0 Å². The highest BCUT2D eigenvalue weighted by atomic mass is 16.5. The highest BCUT2D eigenvalue weighted by molar-refractivity contribution is 6.51. The summed E-state index contributed by atoms with van der Waals surface area (Å²) in [6, 6.07) is 21.3. The molecular weight excluding hydrogens is 452 g/mol. The van der Waals surface area contributed by atoms with E-state index in [1.54, 1.807) is 24.3 Å². The summed E-state index contributed by atoms with van der Waals surface area (Å²) in [5.41, 5.74) is 3.77. The van der Waals surface area contributed by atoms with E-state index >= 15 is 0 Å². The van der Waals surface area contributed by atoms with Gasteiger partial charge in [-0.25, -0.2) is 0 Å². The summed E-state index contributed by atoms with van der Waals surface area (Å²) in [4.78, 5) is 30.2. The van der Waals surface area contributed by atoms with Crippen molar-refractivity contribution in [3.8, 4) is 5.75 Å². The van der Waals surface area contributed by atoms with Crippen molar-refractivity contribution in [1.82, 2.24) is 0 Å². The van der Waals surface area contributed by atoms with Crippen molar-refractivity contribution in [2.45, 2.75) is 26.8 Å². The molecule has 1 heterocycles. The molecule has 4 rings (SSSR count). The van der Waals surface area contributed by atoms with E-state index in [0.717, 1.165) is 16.8 Å². The Morgan fingerprint density at radius 2 is 1.69 bits per heavy atom. The van der Waals surface area contributed by atoms with E-state index in [-0.39, 0.29) is 11.3 Å². The van der Waals surface area contributed by atoms with Crippen molar-refractivity contribution in [2.75, 3.05) is 30.5 Å². The molecule has 0 spiro atoms. The summed E-state index contributed by atoms with van der Waals surface area (Å²) >= 11 is 0. The van der Waals surface area contributed by atoms with Crippen molar-refractivity contribution >= 4 is 28.8 Å². The van der Waals surface area contributed by atoms with E-state index < -0.39 is 17.7 Å². The minimum absolute atomic E-state index is 0.0557. The maximum absolute atomic E-state index is 13.4. The predicted molar refractivity (Wildman–Crippen MR) is 144 cm³/mol. The maximum atomic E-state index is 13.4. The van der Waals surface area contributed by atoms with Crippen molar-refractivity contribution in [1.29, 1.82) is 0 Å². The lowest BCUT2D eigenvalue weighted by atomic mass is 9.94. The third-order valence-electron chi connectivity index (χ3n) is 6.14. The van der Waals surface area contributed by atoms with Crippen LogP contribution in [0.15, 0.2) is 78.4 Å². The lowest BCUT2D eigenvalue weighted by Crippen LogP contribution is -2.29. The highest BCUT2D eigenvalue weighted by Crippen LogP contribution is 2.42. The highest BCUT2D eigenvalue weighted by Gasteiger charge is 2.47. The zero-order chi connectivity index (χ0) is 26.0. The lowest BCUT2D eigenvalue weighted by molar-refractivity contribution is -0.132. The minimum atomic E-state index is -0.775. The van der Waals surface area contributed by atoms with E-state index in [2.05, 4.69) is 13.8 Å². The van der Waals surface area contributed by atoms with Gasteiger partial charge in [0.1, 0.15) is 11.5 Å². The Morgan fingerprint density at radius 1 is 1.00 bits per heavy atom. The van der Waals surface area contributed by atoms with Crippen molar-refractivity contribution in [3.63, 3.8) is 0 Å². The van der Waals surface area contributed by atoms with Gasteiger partial charge in [-0.15, -0.1) is 0 Å². The first-order valence-electron chi connectivity index (χ1n) is 12.1. The molecule has 6 heteroatoms. The molecule has 0 bridgehead atoms. The van der Waals surface area contributed by atoms with E-state index in [9.17, 15) is 14.7 Å². The fourth-order valence-corrected chi connectivity index (χ4v) is 4.30. The fraction of sp³-hybridized carbons (Fsp3) is 0.267. The van der Waals surface area contributed by atoms with Gasteiger partial charge in [0.25, 0.3) is 11.7 Å². The molecule has 1 atom stereocenters. The number of aliphatic hydroxyl groups is 1. The first-order valence-corrected chi connectivity index (χ1v) is 12.1. The number of Topliss-reactive ketones (excluding diaryl/α,β-unsaturated/α-hetero) is 1. The number of ether oxygens (including phenoxy) is 1. The van der Waals surface area contributed by atoms with Crippen LogP contribution in [0.4, 0.5) is 11.4 Å². The zero-order valence-electron chi connectivity index (χ0n) is 21.4. The van der Waals surface area contributed by atoms with E-state index in [1.807, 2.05) is 74.4 Å². The number of carbonyl (C=O) groups excluding carboxylic acids is 2. The Bertz CT molecular complexity index is 1310. The molecule has 1 amide bonds. The SMILES string of the molecule is Cc1cccc(N2C(=O)C(=O)/C(=C(/O)c3cccc(OCC(C)C)c3)C2c2ccc(N(C)C)cc2)c1. The number of hydrogen-bond acceptors (Lipinski definition) is 5. The lowest BCUT2D eigenvalue weighted by Gasteiger charge is -2.26. The minimum Gasteiger partial charge on any atom is -0.507 e. The van der Waals surface area contributed by atoms with Gasteiger partial charge in [0.05, 0.1) is 18.2 Å². The molecule has 1 N–H and O–H groups in total. The second-order valence-corrected chi connectivity index (χ2v) is 9.73. The van der Waals surface area contributed by atoms with Crippen LogP contribution in [-0.2, 0) is 9.59 Å². The van der Waals surface area contributed by atoms with Gasteiger partial charge in [-0.05, 0) is 60.4 Å². The second kappa shape index (κ2) is 10.3. The second-order valence-electron chi connectivity index (χ2n) is 9.73. The van der Waals surface area contributed by atoms with E-state index in [4.69, 9.17) is 4.74 Å². The number of aryl methyl sites for hydroxylation is 1. The first-order chi connectivity index (χ1) is 17.2. The molecule has 0 aromatic heterocycles. The number of aliphatic hydroxyl groups excluding tert-OH is 1. The van der Waals surface area contributed by atoms with Gasteiger partial charge in [0.15, 0.2) is 0 Å². The van der Waals surface area contributed by atoms with Crippen LogP contribution in [0.2, 0.25) is 0 Å². The largest absolute Gasteiger partial charge is 0.507 e. The topological polar surface area (TPSA) is 70.1 Å². The van der Waals surface area contributed by atoms with Gasteiger partial charge in [-0.2, -0.15) is 0 Å². The normalized spacial score (nSPS) is 17.1. The van der Waals surface area contributed by atoms with Crippen LogP contribution in [0.5, 0.6) is 5.75 Å². The molecule has 186 valence electrons. The average Bonchev–Trinajstić information content (AvgIpc) is 3.12. The maximum Gasteiger partial charge on any atom is 0.300 e. The van der Waals surface area contributed by atoms with Crippen LogP contribution in [0, 0.1) is 12.8 Å². The summed E-state index contributed by atoms with van der Waals surface area (Å²) in [7, 11) is 3.89. The van der Waals surface area contributed by atoms with Gasteiger partial charge in [-0.1, -0.05) is 50.2 Å². The number of nitrogens with zero attached hydrogens (tertiary/aromatic N) is 2. The van der Waals surface area contributed by atoms with Gasteiger partial charge in [-0.3, -0.25) is 14.5 Å². The molecule has 1 unspecified atom stereocenters. The van der Waals surface area contributed by atoms with Crippen LogP contribution >= 0.6 is 0 Å². The standard InChI is InChI=1S/C30H32N2O4/c1-19(2)18-36-25-11-7-9-22(17-25)28(33)26-27(21-12-14-23(15-13-21)31(4)5)32(30(35)29(26)34)24-10-6-8-20(3)16-24/h6-17,19,27,33H,18H2,1-5H3/b28-26+. The Labute approximate surface area is 212 Å². The zero-order valence-corrected chi connectivity index (χ0v) is 21.4. The number of rotatable bonds is 7. The fourth-order valence-electron chi connectivity index (χ4n) is 4.30. The molecule has 1 fully saturated rings. The quantitative estimate of drug-likeness (QED) is 0.264. The molecule has 1 aliphatic heterocycles. The summed E-state index contributed by atoms with van der Waals surface area (Å²) < 4.78 is 5.82. The van der Waals surface area contributed by atoms with Crippen molar-refractivity contribution in [2.24, 2.45) is 5.92 Å². The Balaban J connectivity index is 1.86. The summed E-state index contributed by atoms with van der Waals surface area (Å²) in [5, 5.41) is 11.4. The molecule has 0 radical (unpaired) electrons. The first kappa shape index (κ1) is 25.0. The van der Waals surface area contributed by atoms with Gasteiger partial charge in [0, 0.05) is 31.0 Å². The Kier molecular flexibility index (Phi) is 7.15. The molecule has 3 aromatic carbocycles. The number of benzene rings is 3. The molecule has 0 saturated carbocycles. The summed E-state index contributed by atoms with van der Waals surface area (Å²) in [6.07, 6.45) is 0. The average molecular weight is 485 g/mol. The molecule has 1 saturated heterocycles. The molecule has 6 nitrogen and oxygen atoms in total. The molecular formula is C30H32N2O4. The van der Waals surface area contributed by atoms with E-state index in [1.165, 1.54) is 4.90 Å². The molecule has 3 aromatic rings. The van der Waals surface area contributed by atoms with E-state index in [0.29, 0.717) is 29.5 Å². The van der Waals surface area contributed by atoms with Crippen LogP contribution in [-0.4, -0.2) is 37.5 Å². The monoisotopic (exact) mass is 484 g/mol. The van der Waals surface area contributed by atoms with Crippen molar-refractivity contribution < 1.29 is 19.4 Å². The molecule has 0 aliphatic carbocycles. The predicted octanol–water partition coefficient (Wildman–Crippen LogP) is 5.72. The number of amides is 1. The van der Waals surface area contributed by atoms with Crippen LogP contribution in [0.1, 0.15) is 36.6 Å². The van der Waals surface area contributed by atoms with Crippen molar-refractivity contribution in [3.05, 3.63) is 95.1 Å². The smallest absolute Gasteiger partial charge is 0.300 e. The summed E-state index contributed by atoms with van der Waals surface area (Å²) in [6.45, 7) is 6.57. The number of anilines is 2. The third kappa shape index (κ3) is 4.98. The van der Waals surface area contributed by atoms with Crippen LogP contribution < -0.4 is 14.5 Å². The third-order valence-corrected chi connectivity index (χ3v) is 6.14. The summed E-state index contributed by atoms with van der Waals surface area (Å²) in [5.74, 6) is -0.681. The van der Waals surface area contributed by atoms with Crippen LogP contribution in [0.3, 0.4) is 0 Å². The Hall–Kier alpha value is -4.06. The Morgan fingerprint density at radius 3 is 2.33 bits per heavy atom. The molecule has 36 heavy (non-hydrogen) atoms. The van der Waals surface area contributed by atoms with Gasteiger partial charge >= 0.3 is 0 Å².